The number of rotatable bonds is 5. The van der Waals surface area contributed by atoms with Crippen molar-refractivity contribution in [2.45, 2.75) is 25.8 Å². The van der Waals surface area contributed by atoms with E-state index in [4.69, 9.17) is 4.74 Å². The third-order valence-corrected chi connectivity index (χ3v) is 6.26. The molecule has 1 saturated heterocycles. The Morgan fingerprint density at radius 1 is 1.00 bits per heavy atom. The number of fused-ring (bicyclic) bond motifs is 2. The van der Waals surface area contributed by atoms with E-state index in [2.05, 4.69) is 16.0 Å². The third kappa shape index (κ3) is 4.23. The van der Waals surface area contributed by atoms with Crippen LogP contribution in [-0.2, 0) is 6.54 Å². The molecule has 3 heterocycles. The van der Waals surface area contributed by atoms with Crippen LogP contribution in [0.4, 0.5) is 4.39 Å². The molecule has 0 bridgehead atoms. The number of piperidine rings is 1. The van der Waals surface area contributed by atoms with Crippen LogP contribution in [-0.4, -0.2) is 46.5 Å². The number of Topliss-reactive ketones (excluding diaryl/α,β-unsaturated/α-hetero) is 1. The van der Waals surface area contributed by atoms with Gasteiger partial charge >= 0.3 is 0 Å². The summed E-state index contributed by atoms with van der Waals surface area (Å²) in [5.74, 6) is 1.49. The zero-order valence-corrected chi connectivity index (χ0v) is 18.0. The molecule has 2 aliphatic heterocycles. The quantitative estimate of drug-likeness (QED) is 0.555. The molecule has 32 heavy (non-hydrogen) atoms. The van der Waals surface area contributed by atoms with Crippen molar-refractivity contribution in [3.8, 4) is 5.75 Å². The maximum atomic E-state index is 13.0. The Morgan fingerprint density at radius 2 is 1.75 bits per heavy atom. The SMILES string of the molecule is O=C1Cn2ccnc2C(=C2CCN(CCCOc3ccc(F)cc3)CC2)c2ccccc21. The summed E-state index contributed by atoms with van der Waals surface area (Å²) in [4.78, 5) is 19.9. The highest BCUT2D eigenvalue weighted by Crippen LogP contribution is 2.35. The van der Waals surface area contributed by atoms with Crippen LogP contribution in [0, 0.1) is 5.82 Å². The highest BCUT2D eigenvalue weighted by Gasteiger charge is 2.27. The van der Waals surface area contributed by atoms with Gasteiger partial charge in [-0.15, -0.1) is 0 Å². The van der Waals surface area contributed by atoms with Gasteiger partial charge in [0, 0.05) is 43.2 Å². The smallest absolute Gasteiger partial charge is 0.183 e. The molecule has 5 nitrogen and oxygen atoms in total. The van der Waals surface area contributed by atoms with Gasteiger partial charge in [0.15, 0.2) is 5.78 Å². The second kappa shape index (κ2) is 9.09. The van der Waals surface area contributed by atoms with E-state index in [-0.39, 0.29) is 11.6 Å². The van der Waals surface area contributed by atoms with Gasteiger partial charge in [-0.05, 0) is 49.1 Å². The lowest BCUT2D eigenvalue weighted by Gasteiger charge is -2.30. The number of carbonyl (C=O) groups excluding carboxylic acids is 1. The maximum absolute atomic E-state index is 13.0. The van der Waals surface area contributed by atoms with Crippen LogP contribution in [0.5, 0.6) is 5.75 Å². The summed E-state index contributed by atoms with van der Waals surface area (Å²) < 4.78 is 20.7. The predicted molar refractivity (Wildman–Crippen MR) is 121 cm³/mol. The highest BCUT2D eigenvalue weighted by atomic mass is 19.1. The normalized spacial score (nSPS) is 16.5. The van der Waals surface area contributed by atoms with Gasteiger partial charge in [-0.2, -0.15) is 0 Å². The van der Waals surface area contributed by atoms with Crippen molar-refractivity contribution >= 4 is 11.4 Å². The first-order valence-electron chi connectivity index (χ1n) is 11.2. The molecule has 0 radical (unpaired) electrons. The summed E-state index contributed by atoms with van der Waals surface area (Å²) in [6.45, 7) is 3.87. The predicted octanol–water partition coefficient (Wildman–Crippen LogP) is 4.59. The standard InChI is InChI=1S/C26H26FN3O2/c27-20-6-8-21(9-7-20)32-17-3-13-29-14-10-19(11-15-29)25-23-5-2-1-4-22(23)24(31)18-30-16-12-28-26(25)30/h1-2,4-9,12,16H,3,10-11,13-15,17-18H2. The molecule has 1 fully saturated rings. The molecule has 2 aliphatic rings. The number of ketones is 1. The number of imidazole rings is 1. The van der Waals surface area contributed by atoms with E-state index in [9.17, 15) is 9.18 Å². The van der Waals surface area contributed by atoms with E-state index < -0.39 is 0 Å². The first-order valence-corrected chi connectivity index (χ1v) is 11.2. The van der Waals surface area contributed by atoms with Crippen LogP contribution in [0.2, 0.25) is 0 Å². The number of aromatic nitrogens is 2. The van der Waals surface area contributed by atoms with E-state index in [1.807, 2.05) is 29.0 Å². The topological polar surface area (TPSA) is 47.4 Å². The number of nitrogens with zero attached hydrogens (tertiary/aromatic N) is 3. The number of benzene rings is 2. The lowest BCUT2D eigenvalue weighted by atomic mass is 9.89. The van der Waals surface area contributed by atoms with E-state index in [0.717, 1.165) is 61.4 Å². The van der Waals surface area contributed by atoms with E-state index in [1.165, 1.54) is 17.7 Å². The van der Waals surface area contributed by atoms with Crippen molar-refractivity contribution < 1.29 is 13.9 Å². The van der Waals surface area contributed by atoms with Gasteiger partial charge in [0.1, 0.15) is 17.4 Å². The van der Waals surface area contributed by atoms with Crippen molar-refractivity contribution in [1.29, 1.82) is 0 Å². The fourth-order valence-corrected chi connectivity index (χ4v) is 4.62. The molecule has 164 valence electrons. The Bertz CT molecular complexity index is 1140. The summed E-state index contributed by atoms with van der Waals surface area (Å²) in [5.41, 5.74) is 4.31. The fourth-order valence-electron chi connectivity index (χ4n) is 4.62. The second-order valence-corrected chi connectivity index (χ2v) is 8.32. The van der Waals surface area contributed by atoms with Crippen LogP contribution >= 0.6 is 0 Å². The van der Waals surface area contributed by atoms with Crippen molar-refractivity contribution in [3.05, 3.63) is 89.3 Å². The number of hydrogen-bond acceptors (Lipinski definition) is 4. The van der Waals surface area contributed by atoms with Gasteiger partial charge < -0.3 is 14.2 Å². The maximum Gasteiger partial charge on any atom is 0.183 e. The molecule has 1 aromatic heterocycles. The fraction of sp³-hybridized carbons (Fsp3) is 0.308. The Labute approximate surface area is 187 Å². The van der Waals surface area contributed by atoms with Crippen LogP contribution in [0.15, 0.2) is 66.5 Å². The first-order chi connectivity index (χ1) is 15.7. The lowest BCUT2D eigenvalue weighted by molar-refractivity contribution is 0.0973. The molecular formula is C26H26FN3O2. The number of ether oxygens (including phenoxy) is 1. The second-order valence-electron chi connectivity index (χ2n) is 8.32. The highest BCUT2D eigenvalue weighted by molar-refractivity contribution is 6.03. The van der Waals surface area contributed by atoms with Gasteiger partial charge in [-0.3, -0.25) is 4.79 Å². The van der Waals surface area contributed by atoms with Crippen LogP contribution in [0.3, 0.4) is 0 Å². The van der Waals surface area contributed by atoms with Crippen molar-refractivity contribution in [3.63, 3.8) is 0 Å². The molecule has 2 aromatic carbocycles. The van der Waals surface area contributed by atoms with E-state index in [0.29, 0.717) is 18.9 Å². The molecule has 0 aliphatic carbocycles. The molecule has 6 heteroatoms. The largest absolute Gasteiger partial charge is 0.494 e. The summed E-state index contributed by atoms with van der Waals surface area (Å²) in [6, 6.07) is 14.1. The number of likely N-dealkylation sites (tertiary alicyclic amines) is 1. The van der Waals surface area contributed by atoms with E-state index in [1.54, 1.807) is 18.3 Å². The average Bonchev–Trinajstić information content (AvgIpc) is 3.22. The molecule has 0 spiro atoms. The zero-order chi connectivity index (χ0) is 21.9. The molecule has 0 N–H and O–H groups in total. The van der Waals surface area contributed by atoms with Crippen LogP contribution < -0.4 is 4.74 Å². The first kappa shape index (κ1) is 20.6. The Morgan fingerprint density at radius 3 is 2.53 bits per heavy atom. The minimum atomic E-state index is -0.251. The Balaban J connectivity index is 1.26. The molecule has 3 aromatic rings. The molecule has 0 amide bonds. The zero-order valence-electron chi connectivity index (χ0n) is 18.0. The Hall–Kier alpha value is -3.25. The van der Waals surface area contributed by atoms with Gasteiger partial charge in [-0.1, -0.05) is 29.8 Å². The van der Waals surface area contributed by atoms with Gasteiger partial charge in [0.2, 0.25) is 0 Å². The Kier molecular flexibility index (Phi) is 5.86. The van der Waals surface area contributed by atoms with E-state index >= 15 is 0 Å². The third-order valence-electron chi connectivity index (χ3n) is 6.26. The summed E-state index contributed by atoms with van der Waals surface area (Å²) in [7, 11) is 0. The van der Waals surface area contributed by atoms with Crippen LogP contribution in [0.1, 0.15) is 41.0 Å². The van der Waals surface area contributed by atoms with Gasteiger partial charge in [0.05, 0.1) is 13.2 Å². The number of carbonyl (C=O) groups is 1. The minimum absolute atomic E-state index is 0.133. The van der Waals surface area contributed by atoms with Crippen molar-refractivity contribution in [1.82, 2.24) is 14.5 Å². The lowest BCUT2D eigenvalue weighted by Crippen LogP contribution is -2.32. The summed E-state index contributed by atoms with van der Waals surface area (Å²) >= 11 is 0. The summed E-state index contributed by atoms with van der Waals surface area (Å²) in [5, 5.41) is 0. The molecule has 0 saturated carbocycles. The minimum Gasteiger partial charge on any atom is -0.494 e. The number of halogens is 1. The summed E-state index contributed by atoms with van der Waals surface area (Å²) in [6.07, 6.45) is 6.53. The van der Waals surface area contributed by atoms with Gasteiger partial charge in [-0.25, -0.2) is 9.37 Å². The van der Waals surface area contributed by atoms with Crippen molar-refractivity contribution in [2.24, 2.45) is 0 Å². The average molecular weight is 432 g/mol. The molecule has 0 unspecified atom stereocenters. The van der Waals surface area contributed by atoms with Crippen molar-refractivity contribution in [2.75, 3.05) is 26.2 Å². The van der Waals surface area contributed by atoms with Crippen LogP contribution in [0.25, 0.3) is 5.57 Å². The van der Waals surface area contributed by atoms with Gasteiger partial charge in [0.25, 0.3) is 0 Å². The number of hydrogen-bond donors (Lipinski definition) is 0. The monoisotopic (exact) mass is 431 g/mol. The molecular weight excluding hydrogens is 405 g/mol. The molecule has 5 rings (SSSR count). The molecule has 0 atom stereocenters.